The second kappa shape index (κ2) is 8.86. The van der Waals surface area contributed by atoms with Crippen molar-refractivity contribution in [1.82, 2.24) is 15.2 Å². The highest BCUT2D eigenvalue weighted by molar-refractivity contribution is 5.78. The van der Waals surface area contributed by atoms with Crippen molar-refractivity contribution < 1.29 is 18.0 Å². The molecule has 1 amide bonds. The average Bonchev–Trinajstić information content (AvgIpc) is 3.58. The van der Waals surface area contributed by atoms with Crippen LogP contribution >= 0.6 is 0 Å². The summed E-state index contributed by atoms with van der Waals surface area (Å²) in [5.41, 5.74) is 0.624. The molecule has 2 heterocycles. The minimum atomic E-state index is -4.38. The molecule has 0 atom stereocenters. The Morgan fingerprint density at radius 3 is 2.45 bits per heavy atom. The Hall–Kier alpha value is -2.61. The topological polar surface area (TPSA) is 48.5 Å². The van der Waals surface area contributed by atoms with Crippen molar-refractivity contribution in [3.8, 4) is 0 Å². The van der Waals surface area contributed by atoms with Crippen LogP contribution in [0, 0.1) is 0 Å². The van der Waals surface area contributed by atoms with Crippen LogP contribution in [-0.4, -0.2) is 55.1 Å². The molecule has 0 unspecified atom stereocenters. The summed E-state index contributed by atoms with van der Waals surface area (Å²) in [5.74, 6) is 0.557. The molecule has 1 saturated carbocycles. The Morgan fingerprint density at radius 2 is 1.81 bits per heavy atom. The van der Waals surface area contributed by atoms with Gasteiger partial charge in [0, 0.05) is 44.3 Å². The highest BCUT2D eigenvalue weighted by atomic mass is 19.4. The number of anilines is 1. The number of nitrogens with one attached hydrogen (secondary N) is 1. The molecule has 1 N–H and O–H groups in total. The maximum Gasteiger partial charge on any atom is 0.417 e. The van der Waals surface area contributed by atoms with E-state index in [1.807, 2.05) is 23.1 Å². The van der Waals surface area contributed by atoms with Crippen molar-refractivity contribution in [1.29, 1.82) is 0 Å². The number of carbonyl (C=O) groups is 1. The van der Waals surface area contributed by atoms with Crippen LogP contribution in [0.15, 0.2) is 48.7 Å². The fraction of sp³-hybridized carbons (Fsp3) is 0.478. The fourth-order valence-corrected chi connectivity index (χ4v) is 4.14. The van der Waals surface area contributed by atoms with Gasteiger partial charge in [-0.3, -0.25) is 9.69 Å². The van der Waals surface area contributed by atoms with E-state index in [1.54, 1.807) is 0 Å². The third-order valence-corrected chi connectivity index (χ3v) is 6.22. The Bertz CT molecular complexity index is 882. The van der Waals surface area contributed by atoms with Crippen LogP contribution in [0.2, 0.25) is 0 Å². The molecule has 2 aromatic rings. The predicted octanol–water partition coefficient (Wildman–Crippen LogP) is 3.46. The summed E-state index contributed by atoms with van der Waals surface area (Å²) in [6.07, 6.45) is -0.490. The quantitative estimate of drug-likeness (QED) is 0.760. The summed E-state index contributed by atoms with van der Waals surface area (Å²) in [4.78, 5) is 20.6. The Morgan fingerprint density at radius 1 is 1.03 bits per heavy atom. The van der Waals surface area contributed by atoms with Gasteiger partial charge in [0.2, 0.25) is 5.91 Å². The van der Waals surface area contributed by atoms with Crippen molar-refractivity contribution in [3.05, 3.63) is 59.8 Å². The molecule has 166 valence electrons. The van der Waals surface area contributed by atoms with Gasteiger partial charge in [-0.25, -0.2) is 4.98 Å². The smallest absolute Gasteiger partial charge is 0.355 e. The number of carbonyl (C=O) groups excluding carboxylic acids is 1. The molecule has 0 spiro atoms. The molecular formula is C23H27F3N4O. The molecule has 4 rings (SSSR count). The maximum absolute atomic E-state index is 12.7. The molecule has 8 heteroatoms. The van der Waals surface area contributed by atoms with E-state index in [1.165, 1.54) is 11.6 Å². The van der Waals surface area contributed by atoms with Gasteiger partial charge in [-0.2, -0.15) is 13.2 Å². The lowest BCUT2D eigenvalue weighted by molar-refractivity contribution is -0.137. The normalized spacial score (nSPS) is 19.0. The number of hydrogen-bond acceptors (Lipinski definition) is 4. The summed E-state index contributed by atoms with van der Waals surface area (Å²) >= 11 is 0. The summed E-state index contributed by atoms with van der Waals surface area (Å²) in [7, 11) is 0. The zero-order chi connectivity index (χ0) is 21.9. The number of amides is 1. The number of hydrogen-bond donors (Lipinski definition) is 1. The lowest BCUT2D eigenvalue weighted by Crippen LogP contribution is -2.41. The molecule has 2 aliphatic rings. The van der Waals surface area contributed by atoms with E-state index in [4.69, 9.17) is 0 Å². The molecule has 0 bridgehead atoms. The highest BCUT2D eigenvalue weighted by Crippen LogP contribution is 2.47. The van der Waals surface area contributed by atoms with Crippen LogP contribution in [0.1, 0.15) is 30.4 Å². The number of alkyl halides is 3. The van der Waals surface area contributed by atoms with Gasteiger partial charge < -0.3 is 10.2 Å². The van der Waals surface area contributed by atoms with Gasteiger partial charge in [-0.1, -0.05) is 30.3 Å². The van der Waals surface area contributed by atoms with Gasteiger partial charge in [-0.15, -0.1) is 0 Å². The monoisotopic (exact) mass is 432 g/mol. The summed E-state index contributed by atoms with van der Waals surface area (Å²) < 4.78 is 38.2. The van der Waals surface area contributed by atoms with E-state index in [9.17, 15) is 18.0 Å². The zero-order valence-electron chi connectivity index (χ0n) is 17.4. The molecule has 1 aromatic carbocycles. The van der Waals surface area contributed by atoms with Gasteiger partial charge in [0.25, 0.3) is 0 Å². The standard InChI is InChI=1S/C23H27F3N4O/c24-23(25,26)19-7-8-20(27-15-19)30-12-4-11-29(13-14-30)16-21(31)28-17-22(9-10-22)18-5-2-1-3-6-18/h1-3,5-8,15H,4,9-14,16-17H2,(H,28,31). The number of benzene rings is 1. The molecule has 5 nitrogen and oxygen atoms in total. The molecule has 1 aliphatic heterocycles. The van der Waals surface area contributed by atoms with Crippen LogP contribution in [0.3, 0.4) is 0 Å². The van der Waals surface area contributed by atoms with Crippen LogP contribution < -0.4 is 10.2 Å². The number of nitrogens with zero attached hydrogens (tertiary/aromatic N) is 3. The molecular weight excluding hydrogens is 405 g/mol. The lowest BCUT2D eigenvalue weighted by Gasteiger charge is -2.23. The van der Waals surface area contributed by atoms with Gasteiger partial charge in [0.15, 0.2) is 0 Å². The first-order valence-corrected chi connectivity index (χ1v) is 10.7. The molecule has 2 fully saturated rings. The molecule has 0 radical (unpaired) electrons. The van der Waals surface area contributed by atoms with Crippen LogP contribution in [0.25, 0.3) is 0 Å². The largest absolute Gasteiger partial charge is 0.417 e. The predicted molar refractivity (Wildman–Crippen MR) is 113 cm³/mol. The van der Waals surface area contributed by atoms with Crippen molar-refractivity contribution in [2.75, 3.05) is 44.2 Å². The first-order valence-electron chi connectivity index (χ1n) is 10.7. The van der Waals surface area contributed by atoms with Crippen molar-refractivity contribution >= 4 is 11.7 Å². The fourth-order valence-electron chi connectivity index (χ4n) is 4.14. The van der Waals surface area contributed by atoms with Gasteiger partial charge in [-0.05, 0) is 37.0 Å². The van der Waals surface area contributed by atoms with E-state index < -0.39 is 11.7 Å². The van der Waals surface area contributed by atoms with Crippen molar-refractivity contribution in [3.63, 3.8) is 0 Å². The number of pyridine rings is 1. The van der Waals surface area contributed by atoms with Crippen molar-refractivity contribution in [2.24, 2.45) is 0 Å². The molecule has 1 saturated heterocycles. The molecule has 1 aromatic heterocycles. The second-order valence-electron chi connectivity index (χ2n) is 8.44. The van der Waals surface area contributed by atoms with Gasteiger partial charge >= 0.3 is 6.18 Å². The van der Waals surface area contributed by atoms with E-state index in [0.717, 1.165) is 38.1 Å². The zero-order valence-corrected chi connectivity index (χ0v) is 17.4. The van der Waals surface area contributed by atoms with Crippen LogP contribution in [-0.2, 0) is 16.4 Å². The van der Waals surface area contributed by atoms with E-state index >= 15 is 0 Å². The highest BCUT2D eigenvalue weighted by Gasteiger charge is 2.44. The number of rotatable bonds is 6. The van der Waals surface area contributed by atoms with Crippen LogP contribution in [0.5, 0.6) is 0 Å². The minimum Gasteiger partial charge on any atom is -0.355 e. The third kappa shape index (κ3) is 5.36. The first-order chi connectivity index (χ1) is 14.9. The van der Waals surface area contributed by atoms with Crippen LogP contribution in [0.4, 0.5) is 19.0 Å². The second-order valence-corrected chi connectivity index (χ2v) is 8.44. The van der Waals surface area contributed by atoms with Gasteiger partial charge in [0.05, 0.1) is 12.1 Å². The molecule has 31 heavy (non-hydrogen) atoms. The Balaban J connectivity index is 1.26. The summed E-state index contributed by atoms with van der Waals surface area (Å²) in [5, 5.41) is 3.10. The lowest BCUT2D eigenvalue weighted by atomic mass is 9.96. The molecule has 1 aliphatic carbocycles. The maximum atomic E-state index is 12.7. The number of halogens is 3. The SMILES string of the molecule is O=C(CN1CCCN(c2ccc(C(F)(F)F)cn2)CC1)NCC1(c2ccccc2)CC1. The summed E-state index contributed by atoms with van der Waals surface area (Å²) in [6, 6.07) is 12.8. The number of aromatic nitrogens is 1. The Kier molecular flexibility index (Phi) is 6.18. The van der Waals surface area contributed by atoms with E-state index in [2.05, 4.69) is 27.3 Å². The Labute approximate surface area is 180 Å². The third-order valence-electron chi connectivity index (χ3n) is 6.22. The van der Waals surface area contributed by atoms with Gasteiger partial charge in [0.1, 0.15) is 5.82 Å². The first kappa shape index (κ1) is 21.6. The average molecular weight is 432 g/mol. The van der Waals surface area contributed by atoms with E-state index in [-0.39, 0.29) is 11.3 Å². The van der Waals surface area contributed by atoms with Crippen molar-refractivity contribution in [2.45, 2.75) is 30.9 Å². The minimum absolute atomic E-state index is 0.0170. The summed E-state index contributed by atoms with van der Waals surface area (Å²) in [6.45, 7) is 3.76. The van der Waals surface area contributed by atoms with E-state index in [0.29, 0.717) is 38.5 Å².